The highest BCUT2D eigenvalue weighted by atomic mass is 16.2. The molecule has 1 aromatic rings. The lowest BCUT2D eigenvalue weighted by molar-refractivity contribution is -0.129. The average molecular weight is 261 g/mol. The van der Waals surface area contributed by atoms with Crippen LogP contribution in [0.4, 0.5) is 5.82 Å². The number of primary amides is 1. The number of hydrogen-bond donors (Lipinski definition) is 1. The van der Waals surface area contributed by atoms with E-state index in [0.29, 0.717) is 12.4 Å². The van der Waals surface area contributed by atoms with Gasteiger partial charge >= 0.3 is 0 Å². The zero-order valence-electron chi connectivity index (χ0n) is 11.1. The van der Waals surface area contributed by atoms with E-state index >= 15 is 0 Å². The fourth-order valence-corrected chi connectivity index (χ4v) is 2.20. The number of rotatable bonds is 3. The number of carbonyl (C=O) groups excluding carboxylic acids is 2. The van der Waals surface area contributed by atoms with E-state index in [9.17, 15) is 9.59 Å². The molecule has 2 heterocycles. The highest BCUT2D eigenvalue weighted by Crippen LogP contribution is 2.20. The number of nitrogens with zero attached hydrogens (tertiary/aromatic N) is 3. The Morgan fingerprint density at radius 2 is 2.32 bits per heavy atom. The Bertz CT molecular complexity index is 503. The van der Waals surface area contributed by atoms with Crippen LogP contribution in [0.15, 0.2) is 12.1 Å². The Morgan fingerprint density at radius 3 is 2.95 bits per heavy atom. The molecule has 1 fully saturated rings. The van der Waals surface area contributed by atoms with Gasteiger partial charge in [0, 0.05) is 33.1 Å². The average Bonchev–Trinajstić information content (AvgIpc) is 2.87. The minimum atomic E-state index is -0.585. The number of hydrogen-bond acceptors (Lipinski definition) is 4. The van der Waals surface area contributed by atoms with Crippen LogP contribution in [0.2, 0.25) is 0 Å². The van der Waals surface area contributed by atoms with Gasteiger partial charge in [-0.2, -0.15) is 0 Å². The Kier molecular flexibility index (Phi) is 3.69. The molecule has 1 saturated heterocycles. The van der Waals surface area contributed by atoms with E-state index in [-0.39, 0.29) is 17.6 Å². The molecule has 1 aliphatic rings. The predicted molar refractivity (Wildman–Crippen MR) is 70.7 cm³/mol. The van der Waals surface area contributed by atoms with E-state index < -0.39 is 5.91 Å². The fourth-order valence-electron chi connectivity index (χ4n) is 2.20. The van der Waals surface area contributed by atoms with E-state index in [2.05, 4.69) is 11.1 Å². The van der Waals surface area contributed by atoms with Gasteiger partial charge in [-0.25, -0.2) is 4.98 Å². The van der Waals surface area contributed by atoms with E-state index in [1.54, 1.807) is 31.0 Å². The van der Waals surface area contributed by atoms with Crippen molar-refractivity contribution in [3.8, 4) is 0 Å². The molecule has 1 radical (unpaired) electrons. The molecule has 0 aromatic carbocycles. The minimum absolute atomic E-state index is 0.0547. The van der Waals surface area contributed by atoms with Crippen LogP contribution < -0.4 is 10.6 Å². The quantitative estimate of drug-likeness (QED) is 0.833. The summed E-state index contributed by atoms with van der Waals surface area (Å²) in [6.07, 6.45) is 0.891. The highest BCUT2D eigenvalue weighted by Gasteiger charge is 2.27. The smallest absolute Gasteiger partial charge is 0.268 e. The molecule has 101 valence electrons. The Morgan fingerprint density at radius 1 is 1.58 bits per heavy atom. The molecule has 1 aromatic heterocycles. The first-order valence-electron chi connectivity index (χ1n) is 6.16. The van der Waals surface area contributed by atoms with Gasteiger partial charge in [0.15, 0.2) is 0 Å². The van der Waals surface area contributed by atoms with Gasteiger partial charge in [0.2, 0.25) is 5.91 Å². The number of carbonyl (C=O) groups is 2. The maximum atomic E-state index is 11.3. The van der Waals surface area contributed by atoms with E-state index in [0.717, 1.165) is 13.0 Å². The van der Waals surface area contributed by atoms with E-state index in [1.807, 2.05) is 4.90 Å². The normalized spacial score (nSPS) is 18.4. The molecule has 0 saturated carbocycles. The van der Waals surface area contributed by atoms with Crippen molar-refractivity contribution in [2.45, 2.75) is 19.4 Å². The van der Waals surface area contributed by atoms with Gasteiger partial charge in [-0.3, -0.25) is 9.59 Å². The second kappa shape index (κ2) is 5.26. The van der Waals surface area contributed by atoms with Crippen molar-refractivity contribution in [1.29, 1.82) is 0 Å². The lowest BCUT2D eigenvalue weighted by Crippen LogP contribution is -2.37. The van der Waals surface area contributed by atoms with Crippen molar-refractivity contribution >= 4 is 17.6 Å². The molecule has 2 rings (SSSR count). The van der Waals surface area contributed by atoms with Gasteiger partial charge in [0.25, 0.3) is 5.91 Å². The molecule has 2 amide bonds. The van der Waals surface area contributed by atoms with Gasteiger partial charge in [-0.1, -0.05) is 0 Å². The lowest BCUT2D eigenvalue weighted by atomic mass is 10.2. The third kappa shape index (κ3) is 2.83. The second-order valence-corrected chi connectivity index (χ2v) is 4.68. The molecule has 0 aliphatic carbocycles. The van der Waals surface area contributed by atoms with Crippen LogP contribution in [-0.4, -0.2) is 47.9 Å². The number of anilines is 1. The molecule has 0 bridgehead atoms. The largest absolute Gasteiger partial charge is 0.364 e. The molecule has 1 unspecified atom stereocenters. The van der Waals surface area contributed by atoms with Crippen LogP contribution in [0.5, 0.6) is 0 Å². The number of pyridine rings is 1. The Hall–Kier alpha value is -2.11. The summed E-state index contributed by atoms with van der Waals surface area (Å²) in [5.41, 5.74) is 5.33. The molecular formula is C13H17N4O2. The molecule has 6 nitrogen and oxygen atoms in total. The molecule has 1 aliphatic heterocycles. The second-order valence-electron chi connectivity index (χ2n) is 4.68. The van der Waals surface area contributed by atoms with Crippen LogP contribution in [0, 0.1) is 6.07 Å². The third-order valence-corrected chi connectivity index (χ3v) is 3.44. The number of aromatic nitrogens is 1. The fraction of sp³-hybridized carbons (Fsp3) is 0.462. The highest BCUT2D eigenvalue weighted by molar-refractivity contribution is 5.90. The van der Waals surface area contributed by atoms with Crippen molar-refractivity contribution in [2.75, 3.05) is 25.0 Å². The molecule has 6 heteroatoms. The molecule has 2 N–H and O–H groups in total. The molecule has 19 heavy (non-hydrogen) atoms. The van der Waals surface area contributed by atoms with Gasteiger partial charge in [0.05, 0.1) is 6.04 Å². The van der Waals surface area contributed by atoms with Crippen molar-refractivity contribution in [3.63, 3.8) is 0 Å². The van der Waals surface area contributed by atoms with Gasteiger partial charge in [-0.05, 0) is 18.6 Å². The summed E-state index contributed by atoms with van der Waals surface area (Å²) < 4.78 is 0. The standard InChI is InChI=1S/C13H17N4O2/c1-9(18)16(2)10-6-7-17(8-10)12-5-3-4-11(15-12)13(14)19/h3,5,10H,6-8H2,1-2H3,(H2,14,19). The summed E-state index contributed by atoms with van der Waals surface area (Å²) in [4.78, 5) is 30.4. The van der Waals surface area contributed by atoms with Crippen LogP contribution in [0.3, 0.4) is 0 Å². The maximum absolute atomic E-state index is 11.3. The number of nitrogens with two attached hydrogens (primary N) is 1. The predicted octanol–water partition coefficient (Wildman–Crippen LogP) is 0.0377. The maximum Gasteiger partial charge on any atom is 0.268 e. The first kappa shape index (κ1) is 13.3. The van der Waals surface area contributed by atoms with Crippen LogP contribution in [0.25, 0.3) is 0 Å². The van der Waals surface area contributed by atoms with Gasteiger partial charge in [-0.15, -0.1) is 0 Å². The SMILES string of the molecule is CC(=O)N(C)C1CCN(c2cc[c]c(C(N)=O)n2)C1. The molecular weight excluding hydrogens is 244 g/mol. The van der Waals surface area contributed by atoms with Crippen molar-refractivity contribution in [2.24, 2.45) is 5.73 Å². The van der Waals surface area contributed by atoms with Gasteiger partial charge < -0.3 is 15.5 Å². The Labute approximate surface area is 112 Å². The zero-order chi connectivity index (χ0) is 14.0. The summed E-state index contributed by atoms with van der Waals surface area (Å²) in [5.74, 6) is 0.171. The number of amides is 2. The molecule has 1 atom stereocenters. The Balaban J connectivity index is 2.10. The van der Waals surface area contributed by atoms with E-state index in [4.69, 9.17) is 5.73 Å². The summed E-state index contributed by atoms with van der Waals surface area (Å²) in [6, 6.07) is 6.33. The monoisotopic (exact) mass is 261 g/mol. The first-order valence-corrected chi connectivity index (χ1v) is 6.16. The summed E-state index contributed by atoms with van der Waals surface area (Å²) in [7, 11) is 1.80. The lowest BCUT2D eigenvalue weighted by Gasteiger charge is -2.24. The first-order chi connectivity index (χ1) is 8.99. The van der Waals surface area contributed by atoms with Crippen LogP contribution in [-0.2, 0) is 4.79 Å². The van der Waals surface area contributed by atoms with Crippen molar-refractivity contribution in [3.05, 3.63) is 23.9 Å². The van der Waals surface area contributed by atoms with Crippen molar-refractivity contribution in [1.82, 2.24) is 9.88 Å². The topological polar surface area (TPSA) is 79.5 Å². The minimum Gasteiger partial charge on any atom is -0.364 e. The van der Waals surface area contributed by atoms with E-state index in [1.165, 1.54) is 0 Å². The third-order valence-electron chi connectivity index (χ3n) is 3.44. The summed E-state index contributed by atoms with van der Waals surface area (Å²) in [6.45, 7) is 3.08. The van der Waals surface area contributed by atoms with Crippen molar-refractivity contribution < 1.29 is 9.59 Å². The number of likely N-dealkylation sites (N-methyl/N-ethyl adjacent to an activating group) is 1. The van der Waals surface area contributed by atoms with Crippen LogP contribution >= 0.6 is 0 Å². The summed E-state index contributed by atoms with van der Waals surface area (Å²) in [5, 5.41) is 0. The van der Waals surface area contributed by atoms with Crippen LogP contribution in [0.1, 0.15) is 23.8 Å². The van der Waals surface area contributed by atoms with Gasteiger partial charge in [0.1, 0.15) is 11.5 Å². The summed E-state index contributed by atoms with van der Waals surface area (Å²) >= 11 is 0. The molecule has 0 spiro atoms. The zero-order valence-corrected chi connectivity index (χ0v) is 11.1.